The lowest BCUT2D eigenvalue weighted by molar-refractivity contribution is 0.284. The number of hydrogen-bond acceptors (Lipinski definition) is 4. The number of aliphatic hydroxyl groups is 1. The molecule has 0 atom stereocenters. The summed E-state index contributed by atoms with van der Waals surface area (Å²) in [6.07, 6.45) is 2.07. The number of rotatable bonds is 6. The average Bonchev–Trinajstić information content (AvgIpc) is 2.65. The molecule has 1 rings (SSSR count). The first-order valence-corrected chi connectivity index (χ1v) is 7.07. The second-order valence-electron chi connectivity index (χ2n) is 3.04. The van der Waals surface area contributed by atoms with E-state index in [4.69, 9.17) is 5.11 Å². The zero-order valence-electron chi connectivity index (χ0n) is 7.85. The molecule has 0 bridgehead atoms. The Hall–Kier alpha value is -0.390. The van der Waals surface area contributed by atoms with Crippen molar-refractivity contribution in [3.63, 3.8) is 0 Å². The fourth-order valence-corrected chi connectivity index (χ4v) is 3.64. The molecule has 0 aliphatic carbocycles. The van der Waals surface area contributed by atoms with Crippen LogP contribution in [0.4, 0.5) is 0 Å². The molecule has 1 aromatic rings. The first-order valence-electron chi connectivity index (χ1n) is 4.54. The quantitative estimate of drug-likeness (QED) is 0.762. The minimum atomic E-state index is -3.06. The first kappa shape index (κ1) is 11.7. The maximum Gasteiger partial charge on any atom is 0.187 e. The smallest absolute Gasteiger partial charge is 0.187 e. The molecule has 0 saturated carbocycles. The van der Waals surface area contributed by atoms with Crippen LogP contribution in [0, 0.1) is 0 Å². The summed E-state index contributed by atoms with van der Waals surface area (Å²) in [7, 11) is -3.06. The largest absolute Gasteiger partial charge is 0.396 e. The highest BCUT2D eigenvalue weighted by atomic mass is 32.2. The molecule has 0 spiro atoms. The van der Waals surface area contributed by atoms with Gasteiger partial charge in [-0.25, -0.2) is 8.42 Å². The summed E-state index contributed by atoms with van der Waals surface area (Å²) in [5.41, 5.74) is 0. The Morgan fingerprint density at radius 2 is 2.07 bits per heavy atom. The number of thiophene rings is 1. The molecule has 1 N–H and O–H groups in total. The van der Waals surface area contributed by atoms with E-state index in [2.05, 4.69) is 0 Å². The van der Waals surface area contributed by atoms with Crippen molar-refractivity contribution in [2.24, 2.45) is 0 Å². The van der Waals surface area contributed by atoms with Crippen LogP contribution in [0.2, 0.25) is 0 Å². The Bertz CT molecular complexity index is 340. The van der Waals surface area contributed by atoms with E-state index in [1.165, 1.54) is 11.3 Å². The van der Waals surface area contributed by atoms with Crippen molar-refractivity contribution in [3.8, 4) is 0 Å². The van der Waals surface area contributed by atoms with Crippen LogP contribution in [0.25, 0.3) is 0 Å². The lowest BCUT2D eigenvalue weighted by Crippen LogP contribution is -2.05. The standard InChI is InChI=1S/C9H14O3S2/c10-6-2-1-3-8-14(11,12)9-5-4-7-13-9/h4-5,7,10H,1-3,6,8H2. The Morgan fingerprint density at radius 1 is 1.29 bits per heavy atom. The Labute approximate surface area is 88.3 Å². The molecule has 14 heavy (non-hydrogen) atoms. The molecule has 1 heterocycles. The third-order valence-electron chi connectivity index (χ3n) is 1.87. The fourth-order valence-electron chi connectivity index (χ4n) is 1.12. The highest BCUT2D eigenvalue weighted by Gasteiger charge is 2.14. The van der Waals surface area contributed by atoms with E-state index in [9.17, 15) is 8.42 Å². The van der Waals surface area contributed by atoms with Crippen LogP contribution >= 0.6 is 11.3 Å². The maximum absolute atomic E-state index is 11.6. The lowest BCUT2D eigenvalue weighted by atomic mass is 10.3. The highest BCUT2D eigenvalue weighted by molar-refractivity contribution is 7.93. The number of hydrogen-bond donors (Lipinski definition) is 1. The molecule has 5 heteroatoms. The van der Waals surface area contributed by atoms with Crippen LogP contribution < -0.4 is 0 Å². The van der Waals surface area contributed by atoms with Gasteiger partial charge in [-0.1, -0.05) is 12.5 Å². The van der Waals surface area contributed by atoms with Gasteiger partial charge in [-0.15, -0.1) is 11.3 Å². The molecule has 0 saturated heterocycles. The Kier molecular flexibility index (Phi) is 4.57. The number of unbranched alkanes of at least 4 members (excludes halogenated alkanes) is 2. The minimum absolute atomic E-state index is 0.138. The van der Waals surface area contributed by atoms with Crippen molar-refractivity contribution in [2.75, 3.05) is 12.4 Å². The van der Waals surface area contributed by atoms with Gasteiger partial charge in [-0.05, 0) is 24.3 Å². The molecule has 0 radical (unpaired) electrons. The van der Waals surface area contributed by atoms with Crippen LogP contribution in [-0.4, -0.2) is 25.9 Å². The van der Waals surface area contributed by atoms with E-state index >= 15 is 0 Å². The van der Waals surface area contributed by atoms with Crippen LogP contribution in [0.1, 0.15) is 19.3 Å². The molecule has 80 valence electrons. The van der Waals surface area contributed by atoms with Crippen molar-refractivity contribution in [1.82, 2.24) is 0 Å². The Morgan fingerprint density at radius 3 is 2.64 bits per heavy atom. The van der Waals surface area contributed by atoms with Crippen molar-refractivity contribution in [1.29, 1.82) is 0 Å². The highest BCUT2D eigenvalue weighted by Crippen LogP contribution is 2.18. The SMILES string of the molecule is O=S(=O)(CCCCCO)c1cccs1. The van der Waals surface area contributed by atoms with E-state index in [1.807, 2.05) is 0 Å². The van der Waals surface area contributed by atoms with Crippen LogP contribution in [0.15, 0.2) is 21.7 Å². The summed E-state index contributed by atoms with van der Waals surface area (Å²) in [5, 5.41) is 10.3. The van der Waals surface area contributed by atoms with E-state index in [0.717, 1.165) is 6.42 Å². The van der Waals surface area contributed by atoms with Crippen LogP contribution in [0.3, 0.4) is 0 Å². The molecule has 0 amide bonds. The van der Waals surface area contributed by atoms with Gasteiger partial charge >= 0.3 is 0 Å². The zero-order valence-corrected chi connectivity index (χ0v) is 9.48. The van der Waals surface area contributed by atoms with Gasteiger partial charge in [0.05, 0.1) is 5.75 Å². The van der Waals surface area contributed by atoms with Crippen molar-refractivity contribution in [3.05, 3.63) is 17.5 Å². The molecule has 0 unspecified atom stereocenters. The van der Waals surface area contributed by atoms with Gasteiger partial charge in [-0.3, -0.25) is 0 Å². The molecular weight excluding hydrogens is 220 g/mol. The van der Waals surface area contributed by atoms with Gasteiger partial charge in [0, 0.05) is 6.61 Å². The van der Waals surface area contributed by atoms with Gasteiger partial charge < -0.3 is 5.11 Å². The second-order valence-corrected chi connectivity index (χ2v) is 6.32. The number of sulfone groups is 1. The van der Waals surface area contributed by atoms with Gasteiger partial charge in [0.2, 0.25) is 0 Å². The van der Waals surface area contributed by atoms with Crippen molar-refractivity contribution >= 4 is 21.2 Å². The van der Waals surface area contributed by atoms with E-state index in [1.54, 1.807) is 17.5 Å². The zero-order chi connectivity index (χ0) is 10.4. The monoisotopic (exact) mass is 234 g/mol. The molecule has 1 aromatic heterocycles. The van der Waals surface area contributed by atoms with E-state index in [0.29, 0.717) is 17.1 Å². The summed E-state index contributed by atoms with van der Waals surface area (Å²) in [5.74, 6) is 0.188. The Balaban J connectivity index is 2.44. The average molecular weight is 234 g/mol. The summed E-state index contributed by atoms with van der Waals surface area (Å²) < 4.78 is 23.7. The van der Waals surface area contributed by atoms with E-state index in [-0.39, 0.29) is 12.4 Å². The predicted octanol–water partition coefficient (Wildman–Crippen LogP) is 1.68. The normalized spacial score (nSPS) is 11.8. The summed E-state index contributed by atoms with van der Waals surface area (Å²) in [6.45, 7) is 0.138. The molecule has 0 fully saturated rings. The van der Waals surface area contributed by atoms with Crippen molar-refractivity contribution < 1.29 is 13.5 Å². The van der Waals surface area contributed by atoms with Gasteiger partial charge in [0.1, 0.15) is 4.21 Å². The second kappa shape index (κ2) is 5.48. The molecular formula is C9H14O3S2. The molecule has 0 aliphatic heterocycles. The van der Waals surface area contributed by atoms with Gasteiger partial charge in [0.25, 0.3) is 0 Å². The molecule has 0 aromatic carbocycles. The third kappa shape index (κ3) is 3.40. The molecule has 0 aliphatic rings. The predicted molar refractivity (Wildman–Crippen MR) is 57.3 cm³/mol. The summed E-state index contributed by atoms with van der Waals surface area (Å²) in [4.78, 5) is 0. The minimum Gasteiger partial charge on any atom is -0.396 e. The first-order chi connectivity index (χ1) is 6.67. The van der Waals surface area contributed by atoms with Crippen LogP contribution in [-0.2, 0) is 9.84 Å². The maximum atomic E-state index is 11.6. The van der Waals surface area contributed by atoms with Crippen LogP contribution in [0.5, 0.6) is 0 Å². The fraction of sp³-hybridized carbons (Fsp3) is 0.556. The number of aliphatic hydroxyl groups excluding tert-OH is 1. The van der Waals surface area contributed by atoms with Gasteiger partial charge in [0.15, 0.2) is 9.84 Å². The summed E-state index contributed by atoms with van der Waals surface area (Å²) in [6, 6.07) is 3.37. The third-order valence-corrected chi connectivity index (χ3v) is 5.16. The molecule has 3 nitrogen and oxygen atoms in total. The topological polar surface area (TPSA) is 54.4 Å². The van der Waals surface area contributed by atoms with E-state index < -0.39 is 9.84 Å². The van der Waals surface area contributed by atoms with Gasteiger partial charge in [-0.2, -0.15) is 0 Å². The summed E-state index contributed by atoms with van der Waals surface area (Å²) >= 11 is 1.26. The van der Waals surface area contributed by atoms with Crippen molar-refractivity contribution in [2.45, 2.75) is 23.5 Å². The lowest BCUT2D eigenvalue weighted by Gasteiger charge is -2.00.